The van der Waals surface area contributed by atoms with Gasteiger partial charge in [0.05, 0.1) is 0 Å². The largest absolute Gasteiger partial charge is 0.673 e. The van der Waals surface area contributed by atoms with Gasteiger partial charge in [-0.2, -0.15) is 0 Å². The first kappa shape index (κ1) is 11.3. The Balaban J connectivity index is 0.000000217. The molecule has 0 heterocycles. The highest BCUT2D eigenvalue weighted by Gasteiger charge is 2.20. The maximum absolute atomic E-state index is 9.75. The molecule has 0 aliphatic rings. The van der Waals surface area contributed by atoms with Crippen LogP contribution < -0.4 is 0 Å². The normalized spacial score (nSPS) is 10.1. The molecule has 6 heteroatoms. The van der Waals surface area contributed by atoms with Crippen LogP contribution in [0.1, 0.15) is 0 Å². The summed E-state index contributed by atoms with van der Waals surface area (Å²) in [5.74, 6) is 0. The minimum absolute atomic E-state index is 0.794. The lowest BCUT2D eigenvalue weighted by atomic mass is 10.3. The van der Waals surface area contributed by atoms with Crippen molar-refractivity contribution in [2.45, 2.75) is 0 Å². The molecule has 1 aromatic carbocycles. The Morgan fingerprint density at radius 1 is 0.917 bits per heavy atom. The maximum Gasteiger partial charge on any atom is 0.673 e. The van der Waals surface area contributed by atoms with Crippen molar-refractivity contribution < 1.29 is 17.3 Å². The number of benzene rings is 1. The SMILES string of the molecule is Clc1ccccc1.F[B-](F)(F)F. The third-order valence-corrected chi connectivity index (χ3v) is 0.985. The van der Waals surface area contributed by atoms with Crippen molar-refractivity contribution in [2.24, 2.45) is 0 Å². The topological polar surface area (TPSA) is 0 Å². The smallest absolute Gasteiger partial charge is 0.418 e. The number of rotatable bonds is 0. The second kappa shape index (κ2) is 5.03. The molecule has 0 saturated carbocycles. The van der Waals surface area contributed by atoms with Gasteiger partial charge in [-0.3, -0.25) is 0 Å². The molecule has 0 aliphatic heterocycles. The lowest BCUT2D eigenvalue weighted by Gasteiger charge is -1.94. The van der Waals surface area contributed by atoms with Crippen LogP contribution in [0.2, 0.25) is 5.02 Å². The summed E-state index contributed by atoms with van der Waals surface area (Å²) in [7, 11) is -6.00. The van der Waals surface area contributed by atoms with Crippen molar-refractivity contribution in [3.05, 3.63) is 35.4 Å². The molecule has 68 valence electrons. The fraction of sp³-hybridized carbons (Fsp3) is 0. The highest BCUT2D eigenvalue weighted by atomic mass is 35.5. The molecule has 0 N–H and O–H groups in total. The fourth-order valence-electron chi connectivity index (χ4n) is 0.415. The van der Waals surface area contributed by atoms with Crippen molar-refractivity contribution in [3.63, 3.8) is 0 Å². The predicted octanol–water partition coefficient (Wildman–Crippen LogP) is 3.64. The molecule has 0 unspecified atom stereocenters. The molecule has 0 spiro atoms. The van der Waals surface area contributed by atoms with Crippen LogP contribution in [0.4, 0.5) is 17.3 Å². The van der Waals surface area contributed by atoms with Crippen LogP contribution in [0.25, 0.3) is 0 Å². The second-order valence-electron chi connectivity index (χ2n) is 1.79. The van der Waals surface area contributed by atoms with Crippen LogP contribution in [0, 0.1) is 0 Å². The average Bonchev–Trinajstić information content (AvgIpc) is 1.85. The standard InChI is InChI=1S/C6H5Cl.BF4/c7-6-4-2-1-3-5-6;2-1(3,4)5/h1-5H;/q;-1. The molecule has 0 radical (unpaired) electrons. The van der Waals surface area contributed by atoms with Gasteiger partial charge in [0.1, 0.15) is 0 Å². The summed E-state index contributed by atoms with van der Waals surface area (Å²) in [4.78, 5) is 0. The third kappa shape index (κ3) is 12.0. The molecule has 0 aliphatic carbocycles. The van der Waals surface area contributed by atoms with E-state index >= 15 is 0 Å². The van der Waals surface area contributed by atoms with E-state index in [-0.39, 0.29) is 0 Å². The average molecular weight is 199 g/mol. The lowest BCUT2D eigenvalue weighted by Crippen LogP contribution is -2.02. The Labute approximate surface area is 72.3 Å². The van der Waals surface area contributed by atoms with Crippen LogP contribution in [-0.4, -0.2) is 7.25 Å². The lowest BCUT2D eigenvalue weighted by molar-refractivity contribution is 0.368. The van der Waals surface area contributed by atoms with E-state index in [1.165, 1.54) is 0 Å². The molecule has 0 bridgehead atoms. The Hall–Kier alpha value is -0.705. The summed E-state index contributed by atoms with van der Waals surface area (Å²) in [6, 6.07) is 9.44. The number of halogens is 5. The van der Waals surface area contributed by atoms with E-state index in [1.54, 1.807) is 0 Å². The van der Waals surface area contributed by atoms with Gasteiger partial charge < -0.3 is 17.3 Å². The Kier molecular flexibility index (Phi) is 4.74. The van der Waals surface area contributed by atoms with Crippen molar-refractivity contribution >= 4 is 18.9 Å². The van der Waals surface area contributed by atoms with E-state index in [0.717, 1.165) is 5.02 Å². The molecule has 0 amide bonds. The van der Waals surface area contributed by atoms with Crippen molar-refractivity contribution in [1.82, 2.24) is 0 Å². The van der Waals surface area contributed by atoms with Gasteiger partial charge in [-0.05, 0) is 12.1 Å². The van der Waals surface area contributed by atoms with Gasteiger partial charge in [-0.1, -0.05) is 29.8 Å². The molecule has 0 fully saturated rings. The van der Waals surface area contributed by atoms with Crippen LogP contribution in [-0.2, 0) is 0 Å². The van der Waals surface area contributed by atoms with E-state index in [2.05, 4.69) is 0 Å². The fourth-order valence-corrected chi connectivity index (χ4v) is 0.560. The molecular weight excluding hydrogens is 194 g/mol. The third-order valence-electron chi connectivity index (χ3n) is 0.733. The first-order valence-corrected chi connectivity index (χ1v) is 3.35. The van der Waals surface area contributed by atoms with E-state index in [0.29, 0.717) is 0 Å². The summed E-state index contributed by atoms with van der Waals surface area (Å²) >= 11 is 5.54. The van der Waals surface area contributed by atoms with Crippen molar-refractivity contribution in [2.75, 3.05) is 0 Å². The molecule has 0 nitrogen and oxygen atoms in total. The van der Waals surface area contributed by atoms with Crippen LogP contribution in [0.3, 0.4) is 0 Å². The van der Waals surface area contributed by atoms with Crippen LogP contribution in [0.5, 0.6) is 0 Å². The van der Waals surface area contributed by atoms with E-state index in [1.807, 2.05) is 30.3 Å². The van der Waals surface area contributed by atoms with Gasteiger partial charge in [-0.15, -0.1) is 0 Å². The summed E-state index contributed by atoms with van der Waals surface area (Å²) in [6.07, 6.45) is 0. The zero-order valence-corrected chi connectivity index (χ0v) is 6.61. The monoisotopic (exact) mass is 199 g/mol. The summed E-state index contributed by atoms with van der Waals surface area (Å²) in [5, 5.41) is 0.794. The molecule has 0 aromatic heterocycles. The summed E-state index contributed by atoms with van der Waals surface area (Å²) < 4.78 is 39.0. The van der Waals surface area contributed by atoms with Gasteiger partial charge in [0.25, 0.3) is 0 Å². The zero-order valence-electron chi connectivity index (χ0n) is 5.85. The Bertz CT molecular complexity index is 205. The van der Waals surface area contributed by atoms with Crippen LogP contribution >= 0.6 is 11.6 Å². The summed E-state index contributed by atoms with van der Waals surface area (Å²) in [6.45, 7) is 0. The number of hydrogen-bond donors (Lipinski definition) is 0. The molecule has 1 aromatic rings. The predicted molar refractivity (Wildman–Crippen MR) is 41.6 cm³/mol. The van der Waals surface area contributed by atoms with E-state index < -0.39 is 7.25 Å². The van der Waals surface area contributed by atoms with E-state index in [9.17, 15) is 17.3 Å². The van der Waals surface area contributed by atoms with Crippen molar-refractivity contribution in [3.8, 4) is 0 Å². The van der Waals surface area contributed by atoms with Crippen molar-refractivity contribution in [1.29, 1.82) is 0 Å². The Morgan fingerprint density at radius 3 is 1.42 bits per heavy atom. The summed E-state index contributed by atoms with van der Waals surface area (Å²) in [5.41, 5.74) is 0. The zero-order chi connectivity index (χ0) is 9.61. The molecule has 0 saturated heterocycles. The number of hydrogen-bond acceptors (Lipinski definition) is 0. The molecule has 12 heavy (non-hydrogen) atoms. The van der Waals surface area contributed by atoms with E-state index in [4.69, 9.17) is 11.6 Å². The van der Waals surface area contributed by atoms with Crippen LogP contribution in [0.15, 0.2) is 30.3 Å². The molecule has 0 atom stereocenters. The first-order valence-electron chi connectivity index (χ1n) is 2.97. The second-order valence-corrected chi connectivity index (χ2v) is 2.23. The first-order chi connectivity index (χ1) is 5.39. The highest BCUT2D eigenvalue weighted by Crippen LogP contribution is 2.06. The molecule has 1 rings (SSSR count). The van der Waals surface area contributed by atoms with Gasteiger partial charge in [0.15, 0.2) is 0 Å². The minimum atomic E-state index is -6.00. The quantitative estimate of drug-likeness (QED) is 0.442. The maximum atomic E-state index is 9.75. The van der Waals surface area contributed by atoms with Gasteiger partial charge >= 0.3 is 7.25 Å². The van der Waals surface area contributed by atoms with Gasteiger partial charge in [0, 0.05) is 5.02 Å². The highest BCUT2D eigenvalue weighted by molar-refractivity contribution is 6.50. The van der Waals surface area contributed by atoms with Gasteiger partial charge in [0.2, 0.25) is 0 Å². The van der Waals surface area contributed by atoms with Gasteiger partial charge in [-0.25, -0.2) is 0 Å². The minimum Gasteiger partial charge on any atom is -0.418 e. The Morgan fingerprint density at radius 2 is 1.25 bits per heavy atom. The molecular formula is C6H5BClF4-.